The van der Waals surface area contributed by atoms with Crippen LogP contribution in [0, 0.1) is 50.2 Å². The van der Waals surface area contributed by atoms with Crippen LogP contribution in [0.4, 0.5) is 0 Å². The number of aliphatic carboxylic acids is 1. The van der Waals surface area contributed by atoms with Crippen LogP contribution in [0.1, 0.15) is 112 Å². The van der Waals surface area contributed by atoms with Crippen molar-refractivity contribution >= 4 is 24.0 Å². The molecule has 0 radical (unpaired) electrons. The maximum Gasteiger partial charge on any atom is 0.335 e. The lowest BCUT2D eigenvalue weighted by atomic mass is 9.33. The van der Waals surface area contributed by atoms with Gasteiger partial charge in [-0.1, -0.05) is 66.2 Å². The van der Waals surface area contributed by atoms with E-state index in [0.29, 0.717) is 31.2 Å². The molecule has 7 aliphatic rings. The van der Waals surface area contributed by atoms with Gasteiger partial charge in [0.05, 0.1) is 25.9 Å². The van der Waals surface area contributed by atoms with Gasteiger partial charge in [-0.25, -0.2) is 9.59 Å². The number of rotatable bonds is 9. The number of hydrogen-bond acceptors (Lipinski definition) is 16. The summed E-state index contributed by atoms with van der Waals surface area (Å²) in [6, 6.07) is 4.46. The maximum atomic E-state index is 15.1. The highest BCUT2D eigenvalue weighted by atomic mass is 16.7. The maximum absolute atomic E-state index is 15.1. The van der Waals surface area contributed by atoms with Crippen LogP contribution in [0.5, 0.6) is 11.5 Å². The van der Waals surface area contributed by atoms with Gasteiger partial charge < -0.3 is 69.3 Å². The van der Waals surface area contributed by atoms with Crippen molar-refractivity contribution in [2.24, 2.45) is 50.2 Å². The highest BCUT2D eigenvalue weighted by Crippen LogP contribution is 2.76. The zero-order valence-corrected chi connectivity index (χ0v) is 40.4. The molecule has 17 nitrogen and oxygen atoms in total. The minimum absolute atomic E-state index is 0.0869. The lowest BCUT2D eigenvalue weighted by Gasteiger charge is -2.71. The van der Waals surface area contributed by atoms with Crippen molar-refractivity contribution in [3.8, 4) is 11.5 Å². The van der Waals surface area contributed by atoms with Crippen LogP contribution in [0.15, 0.2) is 35.9 Å². The topological polar surface area (TPSA) is 268 Å². The standard InChI is InChI=1S/C51H72O17/c1-46(2)19-20-51(45(62)68-44-41(36(56)29(53)24-64-44)66-35(55)14-10-25-9-12-28(52)30(21-25)63-8)27(22-46)26-11-13-32-48(5)17-16-34(65-43-39(59)37(57)38(58)40(67-43)42(60)61)47(3,4)31(48)15-18-49(32,6)50(26,7)23-33(51)54/h9-12,14,21,27,29,31-34,36-41,43-44,52-54,56-59H,13,15-20,22-24H2,1-8H3,(H,60,61). The first-order valence-electron chi connectivity index (χ1n) is 24.2. The lowest BCUT2D eigenvalue weighted by Crippen LogP contribution is -2.68. The van der Waals surface area contributed by atoms with E-state index < -0.39 is 114 Å². The Balaban J connectivity index is 1.05. The third-order valence-electron chi connectivity index (χ3n) is 18.6. The van der Waals surface area contributed by atoms with Crippen molar-refractivity contribution in [2.75, 3.05) is 13.7 Å². The molecule has 8 N–H and O–H groups in total. The molecule has 5 aliphatic carbocycles. The van der Waals surface area contributed by atoms with Crippen LogP contribution in [0.25, 0.3) is 6.08 Å². The Morgan fingerprint density at radius 3 is 2.22 bits per heavy atom. The molecule has 1 aromatic carbocycles. The van der Waals surface area contributed by atoms with Gasteiger partial charge in [0.2, 0.25) is 6.29 Å². The molecule has 0 bridgehead atoms. The molecule has 378 valence electrons. The number of phenolic OH excluding ortho intramolecular Hbond substituents is 1. The summed E-state index contributed by atoms with van der Waals surface area (Å²) < 4.78 is 34.7. The minimum atomic E-state index is -1.82. The van der Waals surface area contributed by atoms with Crippen molar-refractivity contribution in [1.29, 1.82) is 0 Å². The van der Waals surface area contributed by atoms with Crippen molar-refractivity contribution < 1.29 is 83.7 Å². The lowest BCUT2D eigenvalue weighted by molar-refractivity contribution is -0.324. The molecular formula is C51H72O17. The van der Waals surface area contributed by atoms with Crippen LogP contribution in [0.3, 0.4) is 0 Å². The molecule has 2 heterocycles. The summed E-state index contributed by atoms with van der Waals surface area (Å²) in [7, 11) is 1.39. The van der Waals surface area contributed by atoms with Gasteiger partial charge in [-0.3, -0.25) is 4.79 Å². The minimum Gasteiger partial charge on any atom is -0.504 e. The van der Waals surface area contributed by atoms with Gasteiger partial charge in [-0.05, 0) is 126 Å². The number of methoxy groups -OCH3 is 1. The Hall–Kier alpha value is -3.65. The van der Waals surface area contributed by atoms with E-state index in [0.717, 1.165) is 37.3 Å². The van der Waals surface area contributed by atoms with E-state index in [9.17, 15) is 50.4 Å². The van der Waals surface area contributed by atoms with Crippen LogP contribution < -0.4 is 4.74 Å². The summed E-state index contributed by atoms with van der Waals surface area (Å²) in [5, 5.41) is 85.8. The Kier molecular flexibility index (Phi) is 13.3. The fraction of sp³-hybridized carbons (Fsp3) is 0.745. The zero-order chi connectivity index (χ0) is 49.7. The number of fused-ring (bicyclic) bond motifs is 7. The van der Waals surface area contributed by atoms with Crippen LogP contribution >= 0.6 is 0 Å². The van der Waals surface area contributed by atoms with Gasteiger partial charge in [0.1, 0.15) is 35.9 Å². The average molecular weight is 957 g/mol. The van der Waals surface area contributed by atoms with E-state index in [-0.39, 0.29) is 46.0 Å². The second-order valence-corrected chi connectivity index (χ2v) is 23.0. The molecule has 0 amide bonds. The monoisotopic (exact) mass is 956 g/mol. The second kappa shape index (κ2) is 17.9. The van der Waals surface area contributed by atoms with Crippen molar-refractivity contribution in [3.63, 3.8) is 0 Å². The quantitative estimate of drug-likeness (QED) is 0.0752. The summed E-state index contributed by atoms with van der Waals surface area (Å²) in [4.78, 5) is 40.2. The molecule has 17 heteroatoms. The summed E-state index contributed by atoms with van der Waals surface area (Å²) in [5.41, 5.74) is -1.55. The largest absolute Gasteiger partial charge is 0.504 e. The van der Waals surface area contributed by atoms with Gasteiger partial charge >= 0.3 is 17.9 Å². The Bertz CT molecular complexity index is 2170. The Morgan fingerprint density at radius 2 is 1.53 bits per heavy atom. The van der Waals surface area contributed by atoms with E-state index in [2.05, 4.69) is 54.5 Å². The van der Waals surface area contributed by atoms with Crippen molar-refractivity contribution in [2.45, 2.75) is 174 Å². The van der Waals surface area contributed by atoms with E-state index in [1.807, 2.05) is 0 Å². The number of hydrogen-bond donors (Lipinski definition) is 8. The van der Waals surface area contributed by atoms with Gasteiger partial charge in [0.25, 0.3) is 0 Å². The van der Waals surface area contributed by atoms with E-state index in [4.69, 9.17) is 28.4 Å². The first-order valence-corrected chi connectivity index (χ1v) is 24.2. The first-order chi connectivity index (χ1) is 31.8. The fourth-order valence-electron chi connectivity index (χ4n) is 14.6. The second-order valence-electron chi connectivity index (χ2n) is 23.0. The SMILES string of the molecule is COc1cc(C=CC(=O)OC2C(OC(=O)C34CCC(C)(C)CC3C3=CCC5C6(C)CCC(OC7OC(C(=O)O)C(O)C(O)C7O)C(C)(C)C6CCC5(C)C3(C)CC4O)OCC(O)C2O)ccc1O. The predicted molar refractivity (Wildman–Crippen MR) is 241 cm³/mol. The molecule has 68 heavy (non-hydrogen) atoms. The third kappa shape index (κ3) is 8.09. The van der Waals surface area contributed by atoms with E-state index in [1.165, 1.54) is 25.3 Å². The summed E-state index contributed by atoms with van der Waals surface area (Å²) >= 11 is 0. The number of ether oxygens (including phenoxy) is 6. The van der Waals surface area contributed by atoms with Crippen molar-refractivity contribution in [1.82, 2.24) is 0 Å². The number of phenols is 1. The third-order valence-corrected chi connectivity index (χ3v) is 18.6. The Morgan fingerprint density at radius 1 is 0.809 bits per heavy atom. The number of benzene rings is 1. The number of carbonyl (C=O) groups is 3. The summed E-state index contributed by atoms with van der Waals surface area (Å²) in [6.45, 7) is 15.1. The molecule has 2 aliphatic heterocycles. The normalized spacial score (nSPS) is 45.1. The number of aliphatic hydroxyl groups is 6. The van der Waals surface area contributed by atoms with Crippen LogP contribution in [-0.4, -0.2) is 140 Å². The number of allylic oxidation sites excluding steroid dienone is 2. The first kappa shape index (κ1) is 50.7. The highest BCUT2D eigenvalue weighted by molar-refractivity contribution is 5.87. The van der Waals surface area contributed by atoms with Gasteiger partial charge in [0.15, 0.2) is 30.0 Å². The number of aromatic hydroxyl groups is 1. The van der Waals surface area contributed by atoms with Crippen LogP contribution in [-0.2, 0) is 38.1 Å². The predicted octanol–water partition coefficient (Wildman–Crippen LogP) is 4.00. The molecule has 1 aromatic rings. The molecule has 0 spiro atoms. The highest BCUT2D eigenvalue weighted by Gasteiger charge is 2.72. The molecule has 18 atom stereocenters. The molecule has 8 rings (SSSR count). The molecule has 0 aromatic heterocycles. The summed E-state index contributed by atoms with van der Waals surface area (Å²) in [6.07, 6.45) is -6.13. The number of carboxylic acid groups (broad SMARTS) is 1. The zero-order valence-electron chi connectivity index (χ0n) is 40.4. The fourth-order valence-corrected chi connectivity index (χ4v) is 14.6. The molecule has 6 fully saturated rings. The smallest absolute Gasteiger partial charge is 0.335 e. The van der Waals surface area contributed by atoms with Gasteiger partial charge in [-0.15, -0.1) is 0 Å². The number of aliphatic hydroxyl groups excluding tert-OH is 6. The Labute approximate surface area is 397 Å². The van der Waals surface area contributed by atoms with Gasteiger partial charge in [0, 0.05) is 6.08 Å². The van der Waals surface area contributed by atoms with Gasteiger partial charge in [-0.2, -0.15) is 0 Å². The molecular weight excluding hydrogens is 885 g/mol. The van der Waals surface area contributed by atoms with Crippen molar-refractivity contribution in [3.05, 3.63) is 41.5 Å². The molecule has 4 saturated carbocycles. The number of esters is 2. The van der Waals surface area contributed by atoms with E-state index >= 15 is 4.79 Å². The van der Waals surface area contributed by atoms with E-state index in [1.54, 1.807) is 6.07 Å². The number of carbonyl (C=O) groups excluding carboxylic acids is 2. The van der Waals surface area contributed by atoms with Crippen LogP contribution in [0.2, 0.25) is 0 Å². The molecule has 2 saturated heterocycles. The molecule has 18 unspecified atom stereocenters. The number of carboxylic acids is 1. The average Bonchev–Trinajstić information content (AvgIpc) is 3.26. The summed E-state index contributed by atoms with van der Waals surface area (Å²) in [5.74, 6) is -3.16.